The van der Waals surface area contributed by atoms with E-state index in [1.165, 1.54) is 0 Å². The molecule has 1 spiro atoms. The number of carbonyl (C=O) groups is 2. The Morgan fingerprint density at radius 2 is 1.89 bits per heavy atom. The van der Waals surface area contributed by atoms with E-state index in [-0.39, 0.29) is 31.4 Å². The van der Waals surface area contributed by atoms with E-state index in [2.05, 4.69) is 14.9 Å². The number of piperidine rings is 1. The fraction of sp³-hybridized carbons (Fsp3) is 0.615. The lowest BCUT2D eigenvalue weighted by molar-refractivity contribution is -0.165. The van der Waals surface area contributed by atoms with Gasteiger partial charge in [0.2, 0.25) is 0 Å². The Kier molecular flexibility index (Phi) is 8.71. The molecule has 2 aliphatic heterocycles. The summed E-state index contributed by atoms with van der Waals surface area (Å²) in [6.45, 7) is 2.77. The molecule has 0 unspecified atom stereocenters. The fourth-order valence-electron chi connectivity index (χ4n) is 5.09. The van der Waals surface area contributed by atoms with Gasteiger partial charge >= 0.3 is 5.97 Å². The van der Waals surface area contributed by atoms with Gasteiger partial charge < -0.3 is 24.4 Å². The van der Waals surface area contributed by atoms with Crippen LogP contribution in [0.25, 0.3) is 0 Å². The van der Waals surface area contributed by atoms with Gasteiger partial charge in [0.15, 0.2) is 0 Å². The van der Waals surface area contributed by atoms with Crippen molar-refractivity contribution in [3.8, 4) is 0 Å². The molecule has 10 nitrogen and oxygen atoms in total. The van der Waals surface area contributed by atoms with Crippen LogP contribution in [-0.2, 0) is 23.1 Å². The Hall–Kier alpha value is -2.82. The number of rotatable bonds is 3. The van der Waals surface area contributed by atoms with Crippen LogP contribution in [0.15, 0.2) is 36.9 Å². The second-order valence-corrected chi connectivity index (χ2v) is 10.1. The van der Waals surface area contributed by atoms with Gasteiger partial charge in [-0.1, -0.05) is 12.5 Å². The molecule has 2 aliphatic rings. The molecule has 2 saturated heterocycles. The maximum atomic E-state index is 13.2. The fourth-order valence-corrected chi connectivity index (χ4v) is 5.09. The highest BCUT2D eigenvalue weighted by Gasteiger charge is 2.42. The summed E-state index contributed by atoms with van der Waals surface area (Å²) in [4.78, 5) is 38.8. The number of aliphatic hydroxyl groups excluding tert-OH is 2. The van der Waals surface area contributed by atoms with Gasteiger partial charge in [0.25, 0.3) is 5.91 Å². The van der Waals surface area contributed by atoms with Gasteiger partial charge in [-0.15, -0.1) is 0 Å². The number of hydrogen-bond donors (Lipinski definition) is 2. The number of aromatic nitrogens is 3. The number of imidazole rings is 1. The Morgan fingerprint density at radius 3 is 2.58 bits per heavy atom. The van der Waals surface area contributed by atoms with Crippen LogP contribution in [0.4, 0.5) is 0 Å². The first kappa shape index (κ1) is 26.2. The molecule has 0 radical (unpaired) electrons. The van der Waals surface area contributed by atoms with Crippen LogP contribution >= 0.6 is 0 Å². The van der Waals surface area contributed by atoms with Crippen LogP contribution in [0.5, 0.6) is 0 Å². The first-order valence-electron chi connectivity index (χ1n) is 12.8. The van der Waals surface area contributed by atoms with E-state index in [1.54, 1.807) is 28.2 Å². The highest BCUT2D eigenvalue weighted by Crippen LogP contribution is 2.38. The predicted octanol–water partition coefficient (Wildman–Crippen LogP) is 1.38. The van der Waals surface area contributed by atoms with Crippen LogP contribution in [0.1, 0.15) is 54.7 Å². The van der Waals surface area contributed by atoms with Gasteiger partial charge in [0.05, 0.1) is 23.5 Å². The third-order valence-electron chi connectivity index (χ3n) is 7.43. The lowest BCUT2D eigenvalue weighted by atomic mass is 9.74. The molecule has 0 aliphatic carbocycles. The number of likely N-dealkylation sites (tertiary alicyclic amines) is 1. The zero-order valence-electron chi connectivity index (χ0n) is 21.0. The van der Waals surface area contributed by atoms with Crippen LogP contribution in [-0.4, -0.2) is 91.4 Å². The summed E-state index contributed by atoms with van der Waals surface area (Å²) in [5.41, 5.74) is 0.725. The van der Waals surface area contributed by atoms with E-state index in [0.29, 0.717) is 31.5 Å². The molecule has 2 aromatic heterocycles. The van der Waals surface area contributed by atoms with Crippen molar-refractivity contribution in [2.75, 3.05) is 32.8 Å². The highest BCUT2D eigenvalue weighted by molar-refractivity contribution is 5.92. The minimum absolute atomic E-state index is 0.185. The van der Waals surface area contributed by atoms with Crippen LogP contribution < -0.4 is 0 Å². The molecule has 0 bridgehead atoms. The van der Waals surface area contributed by atoms with Gasteiger partial charge in [-0.3, -0.25) is 19.5 Å². The van der Waals surface area contributed by atoms with Crippen molar-refractivity contribution in [3.05, 3.63) is 48.3 Å². The van der Waals surface area contributed by atoms with Crippen LogP contribution in [0, 0.1) is 5.41 Å². The molecule has 2 N–H and O–H groups in total. The number of ether oxygens (including phenoxy) is 1. The number of cyclic esters (lactones) is 1. The second kappa shape index (κ2) is 11.9. The topological polar surface area (TPSA) is 121 Å². The largest absolute Gasteiger partial charge is 0.462 e. The van der Waals surface area contributed by atoms with E-state index in [0.717, 1.165) is 38.2 Å². The number of esters is 1. The summed E-state index contributed by atoms with van der Waals surface area (Å²) in [6, 6.07) is 5.87. The molecule has 4 heterocycles. The summed E-state index contributed by atoms with van der Waals surface area (Å²) in [6.07, 6.45) is 6.40. The summed E-state index contributed by atoms with van der Waals surface area (Å²) in [7, 11) is 1.81. The van der Waals surface area contributed by atoms with Gasteiger partial charge in [-0.05, 0) is 57.3 Å². The molecular weight excluding hydrogens is 462 g/mol. The molecule has 0 aromatic carbocycles. The summed E-state index contributed by atoms with van der Waals surface area (Å²) in [5.74, 6) is -0.496. The van der Waals surface area contributed by atoms with E-state index < -0.39 is 17.6 Å². The van der Waals surface area contributed by atoms with Crippen molar-refractivity contribution in [3.63, 3.8) is 0 Å². The highest BCUT2D eigenvalue weighted by atomic mass is 16.5. The van der Waals surface area contributed by atoms with Crippen molar-refractivity contribution in [2.24, 2.45) is 12.5 Å². The summed E-state index contributed by atoms with van der Waals surface area (Å²) in [5, 5.41) is 20.9. The zero-order valence-corrected chi connectivity index (χ0v) is 21.0. The number of nitrogens with zero attached hydrogens (tertiary/aromatic N) is 5. The molecule has 2 fully saturated rings. The van der Waals surface area contributed by atoms with Gasteiger partial charge in [-0.25, -0.2) is 4.98 Å². The summed E-state index contributed by atoms with van der Waals surface area (Å²) < 4.78 is 7.28. The quantitative estimate of drug-likeness (QED) is 0.608. The number of amides is 1. The molecule has 2 aromatic rings. The van der Waals surface area contributed by atoms with Gasteiger partial charge in [0, 0.05) is 39.1 Å². The normalized spacial score (nSPS) is 24.4. The third kappa shape index (κ3) is 6.48. The number of pyridine rings is 1. The molecule has 2 atom stereocenters. The number of aryl methyl sites for hydroxylation is 1. The average Bonchev–Trinajstić information content (AvgIpc) is 3.33. The zero-order chi connectivity index (χ0) is 25.5. The first-order valence-corrected chi connectivity index (χ1v) is 12.8. The Labute approximate surface area is 211 Å². The SMILES string of the molecule is Cn1cnc(C(=O)N2CCCCC3(CCN(Cc4ccccn4)CC3)C(=O)OC[C@@H](O)[C@@H](O)CC2)c1. The van der Waals surface area contributed by atoms with Gasteiger partial charge in [-0.2, -0.15) is 0 Å². The average molecular weight is 500 g/mol. The monoisotopic (exact) mass is 499 g/mol. The Morgan fingerprint density at radius 1 is 1.08 bits per heavy atom. The van der Waals surface area contributed by atoms with Crippen LogP contribution in [0.2, 0.25) is 0 Å². The molecule has 4 rings (SSSR count). The van der Waals surface area contributed by atoms with E-state index in [9.17, 15) is 19.8 Å². The van der Waals surface area contributed by atoms with Crippen LogP contribution in [0.3, 0.4) is 0 Å². The van der Waals surface area contributed by atoms with Gasteiger partial charge in [0.1, 0.15) is 18.4 Å². The molecule has 10 heteroatoms. The van der Waals surface area contributed by atoms with E-state index in [1.807, 2.05) is 25.2 Å². The molecule has 1 amide bonds. The van der Waals surface area contributed by atoms with Crippen molar-refractivity contribution in [1.29, 1.82) is 0 Å². The van der Waals surface area contributed by atoms with Crippen molar-refractivity contribution in [1.82, 2.24) is 24.3 Å². The molecule has 36 heavy (non-hydrogen) atoms. The second-order valence-electron chi connectivity index (χ2n) is 10.1. The number of hydrogen-bond acceptors (Lipinski definition) is 8. The standard InChI is InChI=1S/C26H37N5O5/c1-29-17-21(28-19-29)24(34)31-12-5-3-8-26(25(35)36-18-23(33)22(32)7-13-31)9-14-30(15-10-26)16-20-6-2-4-11-27-20/h2,4,6,11,17,19,22-23,32-33H,3,5,7-10,12-16,18H2,1H3/t22-,23+/m0/s1. The van der Waals surface area contributed by atoms with E-state index >= 15 is 0 Å². The lowest BCUT2D eigenvalue weighted by Crippen LogP contribution is -2.46. The minimum Gasteiger partial charge on any atom is -0.462 e. The summed E-state index contributed by atoms with van der Waals surface area (Å²) >= 11 is 0. The number of aliphatic hydroxyl groups is 2. The first-order chi connectivity index (χ1) is 17.4. The maximum Gasteiger partial charge on any atom is 0.312 e. The molecular formula is C26H37N5O5. The third-order valence-corrected chi connectivity index (χ3v) is 7.43. The predicted molar refractivity (Wildman–Crippen MR) is 132 cm³/mol. The van der Waals surface area contributed by atoms with E-state index in [4.69, 9.17) is 4.74 Å². The van der Waals surface area contributed by atoms with Crippen molar-refractivity contribution in [2.45, 2.75) is 57.3 Å². The smallest absolute Gasteiger partial charge is 0.312 e. The Balaban J connectivity index is 1.42. The number of carbonyl (C=O) groups excluding carboxylic acids is 2. The lowest BCUT2D eigenvalue weighted by Gasteiger charge is -2.40. The van der Waals surface area contributed by atoms with Crippen molar-refractivity contribution >= 4 is 11.9 Å². The molecule has 0 saturated carbocycles. The van der Waals surface area contributed by atoms with Crippen molar-refractivity contribution < 1.29 is 24.5 Å². The molecule has 196 valence electrons. The Bertz CT molecular complexity index is 1010. The maximum absolute atomic E-state index is 13.2. The minimum atomic E-state index is -1.21.